The van der Waals surface area contributed by atoms with E-state index in [-0.39, 0.29) is 36.8 Å². The summed E-state index contributed by atoms with van der Waals surface area (Å²) in [6.07, 6.45) is 3.02. The molecule has 0 radical (unpaired) electrons. The van der Waals surface area contributed by atoms with Gasteiger partial charge in [-0.2, -0.15) is 0 Å². The highest BCUT2D eigenvalue weighted by Gasteiger charge is 2.32. The Morgan fingerprint density at radius 3 is 2.26 bits per heavy atom. The van der Waals surface area contributed by atoms with E-state index in [0.29, 0.717) is 6.54 Å². The average Bonchev–Trinajstić information content (AvgIpc) is 3.17. The molecule has 7 nitrogen and oxygen atoms in total. The van der Waals surface area contributed by atoms with Crippen molar-refractivity contribution in [1.82, 2.24) is 10.6 Å². The summed E-state index contributed by atoms with van der Waals surface area (Å²) >= 11 is 0. The Balaban J connectivity index is 1.30. The predicted molar refractivity (Wildman–Crippen MR) is 127 cm³/mol. The summed E-state index contributed by atoms with van der Waals surface area (Å²) in [5, 5.41) is 14.1. The van der Waals surface area contributed by atoms with Crippen LogP contribution in [0.25, 0.3) is 11.1 Å². The molecule has 34 heavy (non-hydrogen) atoms. The van der Waals surface area contributed by atoms with E-state index < -0.39 is 12.1 Å². The minimum atomic E-state index is -1.22. The number of aliphatic carboxylic acids is 1. The smallest absolute Gasteiger partial charge is 0.407 e. The number of hydrogen-bond donors (Lipinski definition) is 3. The molecule has 4 rings (SSSR count). The van der Waals surface area contributed by atoms with E-state index in [1.165, 1.54) is 11.1 Å². The Kier molecular flexibility index (Phi) is 7.48. The molecule has 0 spiro atoms. The summed E-state index contributed by atoms with van der Waals surface area (Å²) in [6.45, 7) is 0.598. The van der Waals surface area contributed by atoms with Gasteiger partial charge in [0, 0.05) is 24.3 Å². The Morgan fingerprint density at radius 1 is 0.941 bits per heavy atom. The van der Waals surface area contributed by atoms with Gasteiger partial charge in [0.15, 0.2) is 0 Å². The lowest BCUT2D eigenvalue weighted by molar-refractivity contribution is -0.130. The van der Waals surface area contributed by atoms with Gasteiger partial charge in [0.05, 0.1) is 6.54 Å². The lowest BCUT2D eigenvalue weighted by atomic mass is 9.78. The van der Waals surface area contributed by atoms with Gasteiger partial charge in [-0.3, -0.25) is 4.79 Å². The molecule has 2 aliphatic carbocycles. The molecule has 2 amide bonds. The molecular formula is C27H28N2O5. The van der Waals surface area contributed by atoms with E-state index >= 15 is 0 Å². The van der Waals surface area contributed by atoms with Crippen molar-refractivity contribution >= 4 is 18.0 Å². The molecule has 3 N–H and O–H groups in total. The van der Waals surface area contributed by atoms with Crippen molar-refractivity contribution in [2.75, 3.05) is 19.7 Å². The molecule has 2 atom stereocenters. The van der Waals surface area contributed by atoms with E-state index in [2.05, 4.69) is 40.8 Å². The maximum Gasteiger partial charge on any atom is 0.407 e. The summed E-state index contributed by atoms with van der Waals surface area (Å²) in [5.41, 5.74) is 4.67. The predicted octanol–water partition coefficient (Wildman–Crippen LogP) is 3.54. The average molecular weight is 461 g/mol. The highest BCUT2D eigenvalue weighted by atomic mass is 16.5. The summed E-state index contributed by atoms with van der Waals surface area (Å²) in [6, 6.07) is 16.4. The van der Waals surface area contributed by atoms with Gasteiger partial charge in [-0.25, -0.2) is 9.59 Å². The van der Waals surface area contributed by atoms with Gasteiger partial charge in [0.1, 0.15) is 6.61 Å². The van der Waals surface area contributed by atoms with Crippen LogP contribution in [-0.2, 0) is 14.3 Å². The molecule has 0 aromatic heterocycles. The van der Waals surface area contributed by atoms with Crippen LogP contribution in [-0.4, -0.2) is 42.8 Å². The fraction of sp³-hybridized carbons (Fsp3) is 0.370. The van der Waals surface area contributed by atoms with Crippen LogP contribution in [0.1, 0.15) is 42.7 Å². The molecule has 2 aromatic rings. The quantitative estimate of drug-likeness (QED) is 0.572. The Labute approximate surface area is 198 Å². The molecular weight excluding hydrogens is 432 g/mol. The Morgan fingerprint density at radius 2 is 1.59 bits per heavy atom. The third-order valence-corrected chi connectivity index (χ3v) is 6.64. The first-order valence-electron chi connectivity index (χ1n) is 11.6. The maximum absolute atomic E-state index is 12.6. The molecule has 1 fully saturated rings. The number of rotatable bonds is 6. The van der Waals surface area contributed by atoms with Gasteiger partial charge >= 0.3 is 12.1 Å². The monoisotopic (exact) mass is 460 g/mol. The van der Waals surface area contributed by atoms with Crippen LogP contribution in [0.15, 0.2) is 48.5 Å². The van der Waals surface area contributed by atoms with Gasteiger partial charge in [-0.1, -0.05) is 67.3 Å². The second kappa shape index (κ2) is 10.9. The minimum absolute atomic E-state index is 0.00154. The molecule has 0 aliphatic heterocycles. The summed E-state index contributed by atoms with van der Waals surface area (Å²) in [5.74, 6) is 2.77. The lowest BCUT2D eigenvalue weighted by Gasteiger charge is -2.30. The van der Waals surface area contributed by atoms with E-state index in [1.54, 1.807) is 0 Å². The van der Waals surface area contributed by atoms with Crippen molar-refractivity contribution in [3.8, 4) is 23.0 Å². The number of alkyl carbamates (subject to hydrolysis) is 1. The summed E-state index contributed by atoms with van der Waals surface area (Å²) in [7, 11) is 0. The van der Waals surface area contributed by atoms with Crippen LogP contribution in [0, 0.1) is 23.7 Å². The number of fused-ring (bicyclic) bond motifs is 3. The molecule has 176 valence electrons. The number of nitrogens with one attached hydrogen (secondary N) is 2. The van der Waals surface area contributed by atoms with Crippen LogP contribution < -0.4 is 10.6 Å². The van der Waals surface area contributed by atoms with Gasteiger partial charge < -0.3 is 20.5 Å². The normalized spacial score (nSPS) is 18.6. The van der Waals surface area contributed by atoms with Crippen molar-refractivity contribution in [2.24, 2.45) is 11.8 Å². The molecule has 2 unspecified atom stereocenters. The zero-order valence-electron chi connectivity index (χ0n) is 18.9. The first kappa shape index (κ1) is 23.4. The standard InChI is InChI=1S/C27H28N2O5/c30-25(31)14-7-15-28-26(32)19-9-2-1-8-18(19)16-29-27(33)34-17-24-22-12-5-3-10-20(22)21-11-4-6-13-23(21)24/h3-6,10-13,18-19,24H,1-2,8-9,15-17H2,(H,28,32)(H,29,33)(H,30,31). The first-order chi connectivity index (χ1) is 16.5. The summed E-state index contributed by atoms with van der Waals surface area (Å²) < 4.78 is 5.60. The fourth-order valence-electron chi connectivity index (χ4n) is 5.04. The number of carboxylic acid groups (broad SMARTS) is 1. The number of carboxylic acids is 1. The zero-order valence-corrected chi connectivity index (χ0v) is 18.9. The van der Waals surface area contributed by atoms with Crippen LogP contribution in [0.5, 0.6) is 0 Å². The van der Waals surface area contributed by atoms with Crippen LogP contribution in [0.2, 0.25) is 0 Å². The molecule has 0 heterocycles. The molecule has 2 aromatic carbocycles. The van der Waals surface area contributed by atoms with Crippen LogP contribution >= 0.6 is 0 Å². The van der Waals surface area contributed by atoms with Gasteiger partial charge in [-0.15, -0.1) is 0 Å². The Hall–Kier alpha value is -3.79. The third kappa shape index (κ3) is 5.40. The van der Waals surface area contributed by atoms with Crippen molar-refractivity contribution in [3.63, 3.8) is 0 Å². The lowest BCUT2D eigenvalue weighted by Crippen LogP contribution is -2.42. The molecule has 0 saturated heterocycles. The zero-order chi connectivity index (χ0) is 23.9. The number of carbonyl (C=O) groups is 3. The van der Waals surface area contributed by atoms with Crippen molar-refractivity contribution in [2.45, 2.75) is 31.6 Å². The molecule has 7 heteroatoms. The highest BCUT2D eigenvalue weighted by molar-refractivity contribution is 5.86. The summed E-state index contributed by atoms with van der Waals surface area (Å²) in [4.78, 5) is 35.5. The molecule has 2 aliphatic rings. The number of hydrogen-bond acceptors (Lipinski definition) is 4. The van der Waals surface area contributed by atoms with E-state index in [1.807, 2.05) is 30.2 Å². The first-order valence-corrected chi connectivity index (χ1v) is 11.6. The largest absolute Gasteiger partial charge is 0.472 e. The van der Waals surface area contributed by atoms with Gasteiger partial charge in [0.2, 0.25) is 5.91 Å². The SMILES string of the molecule is O=C(O)C#CCNC(=O)C1CCCCC1CNC(=O)OCC1c2ccccc2-c2ccccc21. The second-order valence-corrected chi connectivity index (χ2v) is 8.68. The topological polar surface area (TPSA) is 105 Å². The number of amides is 2. The van der Waals surface area contributed by atoms with Crippen molar-refractivity contribution in [3.05, 3.63) is 59.7 Å². The van der Waals surface area contributed by atoms with Crippen molar-refractivity contribution < 1.29 is 24.2 Å². The van der Waals surface area contributed by atoms with Crippen LogP contribution in [0.3, 0.4) is 0 Å². The van der Waals surface area contributed by atoms with Crippen LogP contribution in [0.4, 0.5) is 4.79 Å². The third-order valence-electron chi connectivity index (χ3n) is 6.64. The maximum atomic E-state index is 12.6. The van der Waals surface area contributed by atoms with Gasteiger partial charge in [0.25, 0.3) is 0 Å². The van der Waals surface area contributed by atoms with E-state index in [0.717, 1.165) is 36.8 Å². The number of ether oxygens (including phenoxy) is 1. The second-order valence-electron chi connectivity index (χ2n) is 8.68. The fourth-order valence-corrected chi connectivity index (χ4v) is 5.04. The number of benzene rings is 2. The molecule has 1 saturated carbocycles. The highest BCUT2D eigenvalue weighted by Crippen LogP contribution is 2.44. The Bertz CT molecular complexity index is 1090. The van der Waals surface area contributed by atoms with E-state index in [4.69, 9.17) is 9.84 Å². The minimum Gasteiger partial charge on any atom is -0.472 e. The van der Waals surface area contributed by atoms with E-state index in [9.17, 15) is 14.4 Å². The van der Waals surface area contributed by atoms with Gasteiger partial charge in [-0.05, 0) is 41.0 Å². The molecule has 0 bridgehead atoms. The van der Waals surface area contributed by atoms with Crippen molar-refractivity contribution in [1.29, 1.82) is 0 Å². The number of carbonyl (C=O) groups excluding carboxylic acids is 2.